The molecule has 47 heavy (non-hydrogen) atoms. The summed E-state index contributed by atoms with van der Waals surface area (Å²) in [4.78, 5) is 45.0. The van der Waals surface area contributed by atoms with E-state index in [2.05, 4.69) is 42.0 Å². The topological polar surface area (TPSA) is 156 Å². The van der Waals surface area contributed by atoms with E-state index in [1.54, 1.807) is 12.3 Å². The van der Waals surface area contributed by atoms with Crippen LogP contribution in [0.5, 0.6) is 0 Å². The predicted molar refractivity (Wildman–Crippen MR) is 184 cm³/mol. The molecule has 11 heteroatoms. The maximum atomic E-state index is 13.7. The van der Waals surface area contributed by atoms with E-state index in [9.17, 15) is 19.8 Å². The number of hydrogen-bond donors (Lipinski definition) is 5. The Balaban J connectivity index is 0.00000139. The highest BCUT2D eigenvalue weighted by Crippen LogP contribution is 2.38. The summed E-state index contributed by atoms with van der Waals surface area (Å²) in [5, 5.41) is 31.2. The third-order valence-electron chi connectivity index (χ3n) is 9.48. The Morgan fingerprint density at radius 2 is 1.89 bits per heavy atom. The van der Waals surface area contributed by atoms with Gasteiger partial charge in [-0.2, -0.15) is 0 Å². The van der Waals surface area contributed by atoms with E-state index in [0.717, 1.165) is 46.2 Å². The largest absolute Gasteiger partial charge is 0.483 e. The lowest BCUT2D eigenvalue weighted by Gasteiger charge is -2.34. The quantitative estimate of drug-likeness (QED) is 0.169. The number of amides is 1. The first-order valence-electron chi connectivity index (χ1n) is 16.1. The molecule has 0 spiro atoms. The number of carboxylic acid groups (broad SMARTS) is 1. The molecule has 0 unspecified atom stereocenters. The van der Waals surface area contributed by atoms with Crippen molar-refractivity contribution < 1.29 is 24.9 Å². The Labute approximate surface area is 278 Å². The van der Waals surface area contributed by atoms with Crippen LogP contribution in [0.25, 0.3) is 21.3 Å². The number of nitrogens with zero attached hydrogens (tertiary/aromatic N) is 2. The molecule has 1 aliphatic heterocycles. The molecule has 3 aromatic heterocycles. The van der Waals surface area contributed by atoms with E-state index in [4.69, 9.17) is 14.9 Å². The molecule has 4 atom stereocenters. The highest BCUT2D eigenvalue weighted by Gasteiger charge is 2.32. The Morgan fingerprint density at radius 3 is 2.55 bits per heavy atom. The fraction of sp³-hybridized carbons (Fsp3) is 0.444. The van der Waals surface area contributed by atoms with Crippen molar-refractivity contribution in [2.24, 2.45) is 11.3 Å². The van der Waals surface area contributed by atoms with Crippen molar-refractivity contribution in [3.63, 3.8) is 0 Å². The second kappa shape index (κ2) is 14.9. The molecule has 1 saturated heterocycles. The van der Waals surface area contributed by atoms with Gasteiger partial charge in [0.25, 0.3) is 12.4 Å². The number of hydrogen-bond acceptors (Lipinski definition) is 8. The average Bonchev–Trinajstić information content (AvgIpc) is 3.64. The van der Waals surface area contributed by atoms with E-state index in [1.165, 1.54) is 28.7 Å². The SMILES string of the molecule is CC(C)(C)[C@H]1CCc2nc3sc(C(=O)N[C@H](CCN4C[C@H](O)C[C@H]4CO)c4ccc(-c5ccc(=O)[nH]c5)cc4)cc3cc2C1.O=CO. The summed E-state index contributed by atoms with van der Waals surface area (Å²) < 4.78 is 0. The molecule has 1 amide bonds. The first-order chi connectivity index (χ1) is 22.5. The zero-order valence-corrected chi connectivity index (χ0v) is 27.9. The highest BCUT2D eigenvalue weighted by molar-refractivity contribution is 7.20. The van der Waals surface area contributed by atoms with Gasteiger partial charge in [0.2, 0.25) is 5.56 Å². The van der Waals surface area contributed by atoms with Crippen molar-refractivity contribution in [1.29, 1.82) is 0 Å². The first-order valence-corrected chi connectivity index (χ1v) is 16.9. The number of aliphatic hydroxyl groups excluding tert-OH is 2. The molecule has 0 radical (unpaired) electrons. The zero-order valence-electron chi connectivity index (χ0n) is 27.1. The summed E-state index contributed by atoms with van der Waals surface area (Å²) in [7, 11) is 0. The van der Waals surface area contributed by atoms with Gasteiger partial charge in [-0.15, -0.1) is 11.3 Å². The number of likely N-dealkylation sites (tertiary alicyclic amines) is 1. The van der Waals surface area contributed by atoms with Gasteiger partial charge in [-0.25, -0.2) is 4.98 Å². The smallest absolute Gasteiger partial charge is 0.290 e. The monoisotopic (exact) mass is 660 g/mol. The third kappa shape index (κ3) is 8.34. The predicted octanol–water partition coefficient (Wildman–Crippen LogP) is 4.79. The van der Waals surface area contributed by atoms with Gasteiger partial charge in [-0.05, 0) is 83.9 Å². The normalized spacial score (nSPS) is 20.2. The first kappa shape index (κ1) is 34.4. The maximum absolute atomic E-state index is 13.7. The van der Waals surface area contributed by atoms with Gasteiger partial charge in [-0.3, -0.25) is 19.3 Å². The van der Waals surface area contributed by atoms with Crippen LogP contribution in [-0.4, -0.2) is 74.4 Å². The van der Waals surface area contributed by atoms with Gasteiger partial charge in [-0.1, -0.05) is 45.0 Å². The number of aryl methyl sites for hydroxylation is 1. The van der Waals surface area contributed by atoms with Gasteiger partial charge in [0.15, 0.2) is 0 Å². The zero-order chi connectivity index (χ0) is 33.7. The number of carbonyl (C=O) groups excluding carboxylic acids is 1. The third-order valence-corrected chi connectivity index (χ3v) is 10.5. The number of carbonyl (C=O) groups is 2. The fourth-order valence-electron chi connectivity index (χ4n) is 6.74. The minimum atomic E-state index is -0.452. The number of fused-ring (bicyclic) bond motifs is 2. The Hall–Kier alpha value is -3.90. The molecule has 4 heterocycles. The number of aromatic amines is 1. The van der Waals surface area contributed by atoms with Crippen molar-refractivity contribution in [2.45, 2.75) is 71.1 Å². The molecule has 0 saturated carbocycles. The van der Waals surface area contributed by atoms with Gasteiger partial charge in [0.1, 0.15) is 4.83 Å². The van der Waals surface area contributed by atoms with Gasteiger partial charge < -0.3 is 25.6 Å². The van der Waals surface area contributed by atoms with Crippen LogP contribution < -0.4 is 10.9 Å². The molecule has 0 bridgehead atoms. The molecule has 6 rings (SSSR count). The summed E-state index contributed by atoms with van der Waals surface area (Å²) in [5.74, 6) is 0.488. The minimum absolute atomic E-state index is 0.00277. The number of thiophene rings is 1. The standard InChI is InChI=1S/C35H42N4O4S.CH2O2/c1-35(2,3)26-9-10-29-24(15-26)14-25-16-31(44-34(25)38-29)33(43)37-30(12-13-39-19-28(41)17-27(39)20-40)22-6-4-21(5-7-22)23-8-11-32(42)36-18-23;2-1-3/h4-8,11,14,16,18,26-28,30,40-41H,9-10,12-13,15,17,19-20H2,1-3H3,(H,36,42)(H,37,43);1H,(H,2,3)/t26-,27-,28+,30+;/m0./s1. The molecular formula is C36H44N4O6S. The second-order valence-electron chi connectivity index (χ2n) is 13.6. The van der Waals surface area contributed by atoms with Crippen molar-refractivity contribution >= 4 is 33.9 Å². The Bertz CT molecular complexity index is 1720. The lowest BCUT2D eigenvalue weighted by molar-refractivity contribution is -0.122. The van der Waals surface area contributed by atoms with Crippen LogP contribution in [0.3, 0.4) is 0 Å². The molecular weight excluding hydrogens is 616 g/mol. The lowest BCUT2D eigenvalue weighted by Crippen LogP contribution is -2.36. The number of benzene rings is 1. The molecule has 1 fully saturated rings. The van der Waals surface area contributed by atoms with Crippen molar-refractivity contribution in [3.8, 4) is 11.1 Å². The molecule has 1 aliphatic carbocycles. The van der Waals surface area contributed by atoms with Crippen molar-refractivity contribution in [1.82, 2.24) is 20.2 Å². The van der Waals surface area contributed by atoms with E-state index in [0.29, 0.717) is 36.7 Å². The maximum Gasteiger partial charge on any atom is 0.290 e. The van der Waals surface area contributed by atoms with Crippen LogP contribution in [0.1, 0.15) is 72.6 Å². The van der Waals surface area contributed by atoms with Crippen molar-refractivity contribution in [3.05, 3.63) is 86.8 Å². The van der Waals surface area contributed by atoms with Crippen LogP contribution in [0, 0.1) is 11.3 Å². The summed E-state index contributed by atoms with van der Waals surface area (Å²) in [6.45, 7) is 7.82. The number of rotatable bonds is 8. The van der Waals surface area contributed by atoms with Gasteiger partial charge >= 0.3 is 0 Å². The minimum Gasteiger partial charge on any atom is -0.483 e. The molecule has 5 N–H and O–H groups in total. The van der Waals surface area contributed by atoms with E-state index >= 15 is 0 Å². The Kier molecular flexibility index (Phi) is 10.9. The number of nitrogens with one attached hydrogen (secondary N) is 2. The van der Waals surface area contributed by atoms with Gasteiger partial charge in [0, 0.05) is 42.5 Å². The number of aliphatic hydroxyl groups is 2. The Morgan fingerprint density at radius 1 is 1.17 bits per heavy atom. The van der Waals surface area contributed by atoms with E-state index in [-0.39, 0.29) is 42.0 Å². The highest BCUT2D eigenvalue weighted by atomic mass is 32.1. The van der Waals surface area contributed by atoms with Crippen LogP contribution in [0.2, 0.25) is 0 Å². The summed E-state index contributed by atoms with van der Waals surface area (Å²) in [5.41, 5.74) is 5.42. The van der Waals surface area contributed by atoms with E-state index in [1.807, 2.05) is 30.3 Å². The van der Waals surface area contributed by atoms with E-state index < -0.39 is 6.10 Å². The summed E-state index contributed by atoms with van der Waals surface area (Å²) in [6.07, 6.45) is 5.56. The molecule has 250 valence electrons. The lowest BCUT2D eigenvalue weighted by atomic mass is 9.71. The number of aromatic nitrogens is 2. The summed E-state index contributed by atoms with van der Waals surface area (Å²) in [6, 6.07) is 15.2. The molecule has 4 aromatic rings. The number of β-amino-alcohol motifs (C(OH)–C–C–N with tert-alkyl or cyclic N) is 1. The van der Waals surface area contributed by atoms with Crippen LogP contribution >= 0.6 is 11.3 Å². The number of pyridine rings is 2. The summed E-state index contributed by atoms with van der Waals surface area (Å²) >= 11 is 1.44. The van der Waals surface area contributed by atoms with Crippen LogP contribution in [0.15, 0.2) is 59.5 Å². The van der Waals surface area contributed by atoms with Crippen molar-refractivity contribution in [2.75, 3.05) is 19.7 Å². The molecule has 1 aromatic carbocycles. The number of H-pyrrole nitrogens is 1. The van der Waals surface area contributed by atoms with Gasteiger partial charge in [0.05, 0.1) is 23.6 Å². The fourth-order valence-corrected chi connectivity index (χ4v) is 7.68. The van der Waals surface area contributed by atoms with Crippen LogP contribution in [0.4, 0.5) is 0 Å². The van der Waals surface area contributed by atoms with Crippen LogP contribution in [-0.2, 0) is 17.6 Å². The second-order valence-corrected chi connectivity index (χ2v) is 14.6. The molecule has 2 aliphatic rings. The average molecular weight is 661 g/mol. The molecule has 10 nitrogen and oxygen atoms in total.